The molecule has 4 N–H and O–H groups in total. The Morgan fingerprint density at radius 1 is 1.77 bits per heavy atom. The molecule has 1 saturated heterocycles. The number of hydrogen-bond acceptors (Lipinski definition) is 3. The first-order valence-corrected chi connectivity index (χ1v) is 4.89. The molecule has 1 aliphatic heterocycles. The lowest BCUT2D eigenvalue weighted by atomic mass is 9.84. The molecule has 4 nitrogen and oxygen atoms in total. The molecule has 0 saturated carbocycles. The Labute approximate surface area is 79.3 Å². The van der Waals surface area contributed by atoms with E-state index in [1.165, 1.54) is 0 Å². The van der Waals surface area contributed by atoms with Crippen LogP contribution in [0, 0.1) is 0 Å². The Morgan fingerprint density at radius 3 is 2.92 bits per heavy atom. The number of piperidine rings is 1. The van der Waals surface area contributed by atoms with E-state index in [9.17, 15) is 4.79 Å². The van der Waals surface area contributed by atoms with Gasteiger partial charge in [0.25, 0.3) is 0 Å². The van der Waals surface area contributed by atoms with Crippen molar-refractivity contribution in [1.82, 2.24) is 10.6 Å². The number of likely N-dealkylation sites (N-methyl/N-ethyl adjacent to an activating group) is 1. The van der Waals surface area contributed by atoms with Gasteiger partial charge in [0.15, 0.2) is 0 Å². The predicted octanol–water partition coefficient (Wildman–Crippen LogP) is -0.408. The molecule has 13 heavy (non-hydrogen) atoms. The van der Waals surface area contributed by atoms with Crippen LogP contribution < -0.4 is 16.4 Å². The summed E-state index contributed by atoms with van der Waals surface area (Å²) >= 11 is 0. The van der Waals surface area contributed by atoms with Crippen LogP contribution in [0.2, 0.25) is 0 Å². The number of carbonyl (C=O) groups is 1. The zero-order valence-corrected chi connectivity index (χ0v) is 8.39. The highest BCUT2D eigenvalue weighted by Crippen LogP contribution is 2.20. The summed E-state index contributed by atoms with van der Waals surface area (Å²) < 4.78 is 0. The van der Waals surface area contributed by atoms with Crippen molar-refractivity contribution in [1.29, 1.82) is 0 Å². The molecule has 1 heterocycles. The van der Waals surface area contributed by atoms with Crippen LogP contribution in [0.4, 0.5) is 0 Å². The van der Waals surface area contributed by atoms with Gasteiger partial charge >= 0.3 is 0 Å². The third kappa shape index (κ3) is 2.19. The van der Waals surface area contributed by atoms with Crippen molar-refractivity contribution in [3.8, 4) is 0 Å². The van der Waals surface area contributed by atoms with Gasteiger partial charge < -0.3 is 16.4 Å². The number of hydrogen-bond donors (Lipinski definition) is 3. The van der Waals surface area contributed by atoms with Crippen molar-refractivity contribution in [2.45, 2.75) is 38.3 Å². The Kier molecular flexibility index (Phi) is 3.27. The Hall–Kier alpha value is -0.610. The van der Waals surface area contributed by atoms with E-state index in [0.717, 1.165) is 25.9 Å². The van der Waals surface area contributed by atoms with Crippen LogP contribution in [0.25, 0.3) is 0 Å². The lowest BCUT2D eigenvalue weighted by molar-refractivity contribution is -0.125. The van der Waals surface area contributed by atoms with Gasteiger partial charge in [-0.25, -0.2) is 0 Å². The van der Waals surface area contributed by atoms with E-state index >= 15 is 0 Å². The molecular formula is C9H19N3O. The maximum absolute atomic E-state index is 11.3. The normalized spacial score (nSPS) is 34.5. The summed E-state index contributed by atoms with van der Waals surface area (Å²) in [6.45, 7) is 5.72. The molecule has 0 spiro atoms. The van der Waals surface area contributed by atoms with Crippen LogP contribution >= 0.6 is 0 Å². The van der Waals surface area contributed by atoms with Crippen LogP contribution in [0.3, 0.4) is 0 Å². The van der Waals surface area contributed by atoms with Crippen LogP contribution in [-0.2, 0) is 4.79 Å². The molecular weight excluding hydrogens is 166 g/mol. The van der Waals surface area contributed by atoms with Gasteiger partial charge in [0.05, 0.1) is 0 Å². The summed E-state index contributed by atoms with van der Waals surface area (Å²) in [5.41, 5.74) is 4.95. The van der Waals surface area contributed by atoms with Crippen molar-refractivity contribution in [3.63, 3.8) is 0 Å². The minimum absolute atomic E-state index is 0.220. The fourth-order valence-corrected chi connectivity index (χ4v) is 2.04. The largest absolute Gasteiger partial charge is 0.368 e. The summed E-state index contributed by atoms with van der Waals surface area (Å²) in [7, 11) is 0. The van der Waals surface area contributed by atoms with Crippen molar-refractivity contribution < 1.29 is 4.79 Å². The second-order valence-electron chi connectivity index (χ2n) is 3.79. The van der Waals surface area contributed by atoms with E-state index in [1.807, 2.05) is 6.92 Å². The fraction of sp³-hybridized carbons (Fsp3) is 0.889. The zero-order valence-electron chi connectivity index (χ0n) is 8.39. The van der Waals surface area contributed by atoms with Gasteiger partial charge in [0, 0.05) is 6.04 Å². The Bertz CT molecular complexity index is 191. The quantitative estimate of drug-likeness (QED) is 0.560. The second-order valence-corrected chi connectivity index (χ2v) is 3.79. The molecule has 1 amide bonds. The van der Waals surface area contributed by atoms with E-state index in [-0.39, 0.29) is 5.91 Å². The molecule has 1 fully saturated rings. The SMILES string of the molecule is CCNC1(C(N)=O)CCNC(C)C1. The van der Waals surface area contributed by atoms with Gasteiger partial charge in [-0.3, -0.25) is 4.79 Å². The van der Waals surface area contributed by atoms with Crippen LogP contribution in [0.1, 0.15) is 26.7 Å². The summed E-state index contributed by atoms with van der Waals surface area (Å²) in [4.78, 5) is 11.3. The lowest BCUT2D eigenvalue weighted by Crippen LogP contribution is -2.62. The van der Waals surface area contributed by atoms with Gasteiger partial charge in [-0.05, 0) is 32.9 Å². The van der Waals surface area contributed by atoms with E-state index < -0.39 is 5.54 Å². The van der Waals surface area contributed by atoms with Gasteiger partial charge in [-0.1, -0.05) is 6.92 Å². The maximum Gasteiger partial charge on any atom is 0.237 e. The highest BCUT2D eigenvalue weighted by Gasteiger charge is 2.39. The first kappa shape index (κ1) is 10.5. The summed E-state index contributed by atoms with van der Waals surface area (Å²) in [5, 5.41) is 6.52. The van der Waals surface area contributed by atoms with Crippen LogP contribution in [0.15, 0.2) is 0 Å². The summed E-state index contributed by atoms with van der Waals surface area (Å²) in [5.74, 6) is -0.220. The molecule has 0 aromatic carbocycles. The van der Waals surface area contributed by atoms with Crippen LogP contribution in [-0.4, -0.2) is 30.6 Å². The molecule has 0 aliphatic carbocycles. The van der Waals surface area contributed by atoms with Gasteiger partial charge in [-0.2, -0.15) is 0 Å². The molecule has 0 aromatic heterocycles. The van der Waals surface area contributed by atoms with Crippen molar-refractivity contribution in [2.75, 3.05) is 13.1 Å². The Balaban J connectivity index is 2.70. The number of primary amides is 1. The molecule has 2 unspecified atom stereocenters. The minimum Gasteiger partial charge on any atom is -0.368 e. The smallest absolute Gasteiger partial charge is 0.237 e. The van der Waals surface area contributed by atoms with Crippen molar-refractivity contribution in [3.05, 3.63) is 0 Å². The van der Waals surface area contributed by atoms with E-state index in [1.54, 1.807) is 0 Å². The number of nitrogens with two attached hydrogens (primary N) is 1. The highest BCUT2D eigenvalue weighted by atomic mass is 16.1. The number of amides is 1. The van der Waals surface area contributed by atoms with E-state index in [2.05, 4.69) is 17.6 Å². The lowest BCUT2D eigenvalue weighted by Gasteiger charge is -2.38. The first-order chi connectivity index (χ1) is 6.10. The average molecular weight is 185 g/mol. The predicted molar refractivity (Wildman–Crippen MR) is 52.3 cm³/mol. The summed E-state index contributed by atoms with van der Waals surface area (Å²) in [6.07, 6.45) is 1.58. The number of carbonyl (C=O) groups excluding carboxylic acids is 1. The molecule has 0 bridgehead atoms. The second kappa shape index (κ2) is 4.07. The minimum atomic E-state index is -0.473. The molecule has 4 heteroatoms. The van der Waals surface area contributed by atoms with Crippen LogP contribution in [0.5, 0.6) is 0 Å². The van der Waals surface area contributed by atoms with Gasteiger partial charge in [-0.15, -0.1) is 0 Å². The Morgan fingerprint density at radius 2 is 2.46 bits per heavy atom. The molecule has 76 valence electrons. The molecule has 0 aromatic rings. The van der Waals surface area contributed by atoms with E-state index in [0.29, 0.717) is 6.04 Å². The standard InChI is InChI=1S/C9H19N3O/c1-3-12-9(8(10)13)4-5-11-7(2)6-9/h7,11-12H,3-6H2,1-2H3,(H2,10,13). The average Bonchev–Trinajstić information content (AvgIpc) is 2.04. The third-order valence-corrected chi connectivity index (χ3v) is 2.69. The highest BCUT2D eigenvalue weighted by molar-refractivity contribution is 5.84. The zero-order chi connectivity index (χ0) is 9.90. The topological polar surface area (TPSA) is 67.1 Å². The van der Waals surface area contributed by atoms with E-state index in [4.69, 9.17) is 5.73 Å². The third-order valence-electron chi connectivity index (χ3n) is 2.69. The molecule has 0 radical (unpaired) electrons. The molecule has 2 atom stereocenters. The van der Waals surface area contributed by atoms with Crippen molar-refractivity contribution in [2.24, 2.45) is 5.73 Å². The first-order valence-electron chi connectivity index (χ1n) is 4.89. The molecule has 1 aliphatic rings. The fourth-order valence-electron chi connectivity index (χ4n) is 2.04. The van der Waals surface area contributed by atoms with Gasteiger partial charge in [0.1, 0.15) is 5.54 Å². The summed E-state index contributed by atoms with van der Waals surface area (Å²) in [6, 6.07) is 0.361. The monoisotopic (exact) mass is 185 g/mol. The number of rotatable bonds is 3. The molecule has 1 rings (SSSR count). The maximum atomic E-state index is 11.3. The number of nitrogens with one attached hydrogen (secondary N) is 2. The van der Waals surface area contributed by atoms with Gasteiger partial charge in [0.2, 0.25) is 5.91 Å². The van der Waals surface area contributed by atoms with Crippen molar-refractivity contribution >= 4 is 5.91 Å².